The van der Waals surface area contributed by atoms with E-state index in [0.717, 1.165) is 0 Å². The molecule has 170 valence electrons. The van der Waals surface area contributed by atoms with Gasteiger partial charge in [0.1, 0.15) is 0 Å². The molecule has 0 saturated carbocycles. The molecule has 0 aliphatic carbocycles. The van der Waals surface area contributed by atoms with Crippen LogP contribution in [0.1, 0.15) is 63.8 Å². The minimum absolute atomic E-state index is 0. The van der Waals surface area contributed by atoms with Crippen LogP contribution in [0.3, 0.4) is 0 Å². The van der Waals surface area contributed by atoms with Gasteiger partial charge in [-0.1, -0.05) is 90.8 Å². The molecule has 0 aliphatic heterocycles. The summed E-state index contributed by atoms with van der Waals surface area (Å²) in [6, 6.07) is 22.5. The summed E-state index contributed by atoms with van der Waals surface area (Å²) < 4.78 is 0. The van der Waals surface area contributed by atoms with Crippen molar-refractivity contribution < 1.29 is 48.1 Å². The van der Waals surface area contributed by atoms with Gasteiger partial charge < -0.3 is 24.8 Å². The zero-order valence-electron chi connectivity index (χ0n) is 20.5. The summed E-state index contributed by atoms with van der Waals surface area (Å²) in [5.74, 6) is 0. The van der Waals surface area contributed by atoms with Gasteiger partial charge in [0.25, 0.3) is 0 Å². The molecule has 0 atom stereocenters. The van der Waals surface area contributed by atoms with Gasteiger partial charge in [-0.15, -0.1) is 39.7 Å². The van der Waals surface area contributed by atoms with E-state index in [1.807, 2.05) is 0 Å². The molecule has 0 bridgehead atoms. The summed E-state index contributed by atoms with van der Waals surface area (Å²) in [4.78, 5) is 0. The van der Waals surface area contributed by atoms with E-state index in [1.165, 1.54) is 67.1 Å². The first-order valence-electron chi connectivity index (χ1n) is 10.5. The minimum atomic E-state index is 0. The molecule has 0 fully saturated rings. The summed E-state index contributed by atoms with van der Waals surface area (Å²) in [7, 11) is 0. The maximum atomic E-state index is 3.06. The Bertz CT molecular complexity index is 1040. The first-order chi connectivity index (χ1) is 14.0. The third kappa shape index (κ3) is 7.69. The Morgan fingerprint density at radius 1 is 0.750 bits per heavy atom. The fourth-order valence-electron chi connectivity index (χ4n) is 3.56. The Labute approximate surface area is 224 Å². The van der Waals surface area contributed by atoms with Crippen molar-refractivity contribution >= 4 is 28.4 Å². The van der Waals surface area contributed by atoms with Crippen LogP contribution in [0.2, 0.25) is 0 Å². The van der Waals surface area contributed by atoms with Crippen LogP contribution in [0.4, 0.5) is 0 Å². The molecule has 4 rings (SSSR count). The molecule has 4 aromatic carbocycles. The van der Waals surface area contributed by atoms with E-state index in [1.54, 1.807) is 0 Å². The summed E-state index contributed by atoms with van der Waals surface area (Å²) in [5, 5.41) is 5.48. The van der Waals surface area contributed by atoms with Gasteiger partial charge in [-0.25, -0.2) is 12.1 Å². The molecular weight excluding hydrogens is 527 g/mol. The van der Waals surface area contributed by atoms with Crippen molar-refractivity contribution in [2.45, 2.75) is 66.2 Å². The second-order valence-electron chi connectivity index (χ2n) is 10.1. The van der Waals surface area contributed by atoms with Gasteiger partial charge in [-0.2, -0.15) is 17.2 Å². The molecule has 4 heteroatoms. The quantitative estimate of drug-likeness (QED) is 0.228. The Balaban J connectivity index is 0.000000745. The van der Waals surface area contributed by atoms with E-state index in [2.05, 4.69) is 123 Å². The molecule has 2 radical (unpaired) electrons. The molecule has 0 spiro atoms. The molecule has 0 unspecified atom stereocenters. The van der Waals surface area contributed by atoms with Crippen LogP contribution >= 0.6 is 0 Å². The van der Waals surface area contributed by atoms with Crippen LogP contribution in [0.25, 0.3) is 21.5 Å². The average Bonchev–Trinajstić information content (AvgIpc) is 3.23. The van der Waals surface area contributed by atoms with Crippen LogP contribution in [0, 0.1) is 13.8 Å². The number of benzene rings is 2. The third-order valence-electron chi connectivity index (χ3n) is 5.75. The Kier molecular flexibility index (Phi) is 12.4. The van der Waals surface area contributed by atoms with Gasteiger partial charge in [0.05, 0.1) is 0 Å². The van der Waals surface area contributed by atoms with Crippen molar-refractivity contribution in [2.24, 2.45) is 0 Å². The Hall–Kier alpha value is -0.660. The van der Waals surface area contributed by atoms with Crippen LogP contribution in [-0.2, 0) is 34.2 Å². The summed E-state index contributed by atoms with van der Waals surface area (Å²) >= 11 is 1.36. The molecular formula is C28H34Cl2SiZr-2. The molecule has 0 amide bonds. The summed E-state index contributed by atoms with van der Waals surface area (Å²) in [6.45, 7) is 20.9. The van der Waals surface area contributed by atoms with Crippen LogP contribution in [-0.4, -0.2) is 6.88 Å². The van der Waals surface area contributed by atoms with Crippen molar-refractivity contribution in [2.75, 3.05) is 0 Å². The van der Waals surface area contributed by atoms with Crippen LogP contribution in [0.5, 0.6) is 0 Å². The summed E-state index contributed by atoms with van der Waals surface area (Å²) in [6.07, 6.45) is 0. The number of fused-ring (bicyclic) bond motifs is 3. The fraction of sp³-hybridized carbons (Fsp3) is 0.357. The zero-order chi connectivity index (χ0) is 22.7. The molecule has 0 N–H and O–H groups in total. The van der Waals surface area contributed by atoms with E-state index in [4.69, 9.17) is 0 Å². The van der Waals surface area contributed by atoms with Gasteiger partial charge in [0.15, 0.2) is 0 Å². The fourth-order valence-corrected chi connectivity index (χ4v) is 3.56. The predicted molar refractivity (Wildman–Crippen MR) is 132 cm³/mol. The molecule has 0 aliphatic rings. The predicted octanol–water partition coefficient (Wildman–Crippen LogP) is 1.95. The first-order valence-corrected chi connectivity index (χ1v) is 14.7. The molecule has 32 heavy (non-hydrogen) atoms. The van der Waals surface area contributed by atoms with E-state index in [-0.39, 0.29) is 35.6 Å². The Morgan fingerprint density at radius 2 is 1.16 bits per heavy atom. The van der Waals surface area contributed by atoms with Crippen LogP contribution in [0.15, 0.2) is 60.7 Å². The Morgan fingerprint density at radius 3 is 1.41 bits per heavy atom. The molecule has 0 aromatic heterocycles. The number of halogens is 2. The van der Waals surface area contributed by atoms with Gasteiger partial charge in [0.2, 0.25) is 0 Å². The van der Waals surface area contributed by atoms with Gasteiger partial charge in [0, 0.05) is 0 Å². The normalized spacial score (nSPS) is 10.9. The average molecular weight is 561 g/mol. The topological polar surface area (TPSA) is 0 Å². The SMILES string of the molecule is CC(C)(C)c1ccc2c(c1)[cH-]c1cc(C(C)(C)C)ccc12.Cc1ccc[c-]1C.[Cl-].[Cl-].[Si]=[Zr+2]. The third-order valence-corrected chi connectivity index (χ3v) is 5.75. The molecule has 0 nitrogen and oxygen atoms in total. The van der Waals surface area contributed by atoms with Crippen molar-refractivity contribution in [1.29, 1.82) is 0 Å². The van der Waals surface area contributed by atoms with Gasteiger partial charge >= 0.3 is 30.2 Å². The zero-order valence-corrected chi connectivity index (χ0v) is 25.5. The molecule has 0 saturated heterocycles. The number of hydrogen-bond donors (Lipinski definition) is 0. The summed E-state index contributed by atoms with van der Waals surface area (Å²) in [5.41, 5.74) is 5.99. The van der Waals surface area contributed by atoms with E-state index >= 15 is 0 Å². The van der Waals surface area contributed by atoms with Crippen molar-refractivity contribution in [3.05, 3.63) is 82.9 Å². The second-order valence-corrected chi connectivity index (χ2v) is 10.1. The molecule has 4 aromatic rings. The molecule has 0 heterocycles. The maximum absolute atomic E-state index is 3.06. The van der Waals surface area contributed by atoms with Gasteiger partial charge in [-0.3, -0.25) is 0 Å². The number of aryl methyl sites for hydroxylation is 2. The monoisotopic (exact) mass is 558 g/mol. The number of hydrogen-bond acceptors (Lipinski definition) is 0. The van der Waals surface area contributed by atoms with E-state index in [0.29, 0.717) is 0 Å². The second kappa shape index (κ2) is 12.7. The van der Waals surface area contributed by atoms with Crippen molar-refractivity contribution in [3.63, 3.8) is 0 Å². The van der Waals surface area contributed by atoms with Gasteiger partial charge in [-0.05, 0) is 10.8 Å². The standard InChI is InChI=1S/C21H25.C7H9.2ClH.Si.Zr/c1-20(2,3)16-7-9-18-14(12-16)11-15-13-17(21(4,5)6)8-10-19(15)18;1-6-4-3-5-7(6)2;;;;/h7-13H,1-6H3;3-5H,1-2H3;2*1H;;/q2*-1;;;;+2/p-2. The first kappa shape index (κ1) is 31.3. The van der Waals surface area contributed by atoms with E-state index < -0.39 is 0 Å². The van der Waals surface area contributed by atoms with E-state index in [9.17, 15) is 0 Å². The van der Waals surface area contributed by atoms with Crippen LogP contribution < -0.4 is 24.8 Å². The van der Waals surface area contributed by atoms with Crippen molar-refractivity contribution in [3.8, 4) is 0 Å². The number of rotatable bonds is 0. The van der Waals surface area contributed by atoms with Crippen molar-refractivity contribution in [1.82, 2.24) is 0 Å².